The van der Waals surface area contributed by atoms with Crippen molar-refractivity contribution in [2.75, 3.05) is 32.7 Å². The molecule has 8 nitrogen and oxygen atoms in total. The number of hydrogen-bond acceptors (Lipinski definition) is 6. The van der Waals surface area contributed by atoms with Gasteiger partial charge in [0.1, 0.15) is 0 Å². The van der Waals surface area contributed by atoms with E-state index < -0.39 is 0 Å². The number of benzene rings is 1. The second-order valence-electron chi connectivity index (χ2n) is 6.64. The first-order chi connectivity index (χ1) is 15.0. The molecule has 0 aliphatic carbocycles. The van der Waals surface area contributed by atoms with Crippen LogP contribution in [0.3, 0.4) is 0 Å². The number of likely N-dealkylation sites (N-methyl/N-ethyl adjacent to an activating group) is 1. The van der Waals surface area contributed by atoms with Crippen LogP contribution in [0.1, 0.15) is 31.4 Å². The summed E-state index contributed by atoms with van der Waals surface area (Å²) in [6, 6.07) is 7.34. The lowest BCUT2D eigenvalue weighted by Gasteiger charge is -2.19. The van der Waals surface area contributed by atoms with E-state index in [1.54, 1.807) is 37.4 Å². The average Bonchev–Trinajstić information content (AvgIpc) is 2.78. The lowest BCUT2D eigenvalue weighted by Crippen LogP contribution is -2.24. The molecule has 166 valence electrons. The van der Waals surface area contributed by atoms with Crippen LogP contribution < -0.4 is 19.5 Å². The lowest BCUT2D eigenvalue weighted by atomic mass is 10.1. The zero-order valence-electron chi connectivity index (χ0n) is 18.4. The van der Waals surface area contributed by atoms with Crippen molar-refractivity contribution in [3.05, 3.63) is 47.7 Å². The molecule has 0 saturated carbocycles. The van der Waals surface area contributed by atoms with Gasteiger partial charge in [0.2, 0.25) is 12.3 Å². The molecule has 31 heavy (non-hydrogen) atoms. The number of rotatable bonds is 12. The van der Waals surface area contributed by atoms with Crippen LogP contribution in [0.15, 0.2) is 36.5 Å². The molecule has 2 amide bonds. The minimum absolute atomic E-state index is 0.183. The zero-order valence-corrected chi connectivity index (χ0v) is 18.4. The highest BCUT2D eigenvalue weighted by atomic mass is 16.5. The van der Waals surface area contributed by atoms with Gasteiger partial charge < -0.3 is 24.4 Å². The number of hydrogen-bond donors (Lipinski definition) is 1. The molecule has 0 saturated heterocycles. The van der Waals surface area contributed by atoms with Gasteiger partial charge in [0.15, 0.2) is 23.1 Å². The molecule has 0 radical (unpaired) electrons. The number of amides is 2. The van der Waals surface area contributed by atoms with Crippen molar-refractivity contribution in [2.45, 2.75) is 26.8 Å². The monoisotopic (exact) mass is 427 g/mol. The number of carbonyl (C=O) groups is 2. The van der Waals surface area contributed by atoms with Crippen molar-refractivity contribution in [2.24, 2.45) is 0 Å². The van der Waals surface area contributed by atoms with Crippen molar-refractivity contribution in [1.29, 1.82) is 0 Å². The third-order valence-corrected chi connectivity index (χ3v) is 4.30. The van der Waals surface area contributed by atoms with Crippen LogP contribution in [0.4, 0.5) is 5.82 Å². The van der Waals surface area contributed by atoms with E-state index in [0.29, 0.717) is 54.8 Å². The van der Waals surface area contributed by atoms with Gasteiger partial charge in [0, 0.05) is 31.4 Å². The summed E-state index contributed by atoms with van der Waals surface area (Å²) in [4.78, 5) is 29.1. The quantitative estimate of drug-likeness (QED) is 0.412. The summed E-state index contributed by atoms with van der Waals surface area (Å²) < 4.78 is 16.7. The topological polar surface area (TPSA) is 90.0 Å². The Bertz CT molecular complexity index is 914. The minimum Gasteiger partial charge on any atom is -0.493 e. The van der Waals surface area contributed by atoms with Crippen LogP contribution >= 0.6 is 0 Å². The van der Waals surface area contributed by atoms with E-state index in [2.05, 4.69) is 10.3 Å². The van der Waals surface area contributed by atoms with Crippen LogP contribution in [0.5, 0.6) is 17.2 Å². The number of pyridine rings is 1. The first kappa shape index (κ1) is 23.7. The Balaban J connectivity index is 2.13. The fraction of sp³-hybridized carbons (Fsp3) is 0.348. The van der Waals surface area contributed by atoms with Crippen molar-refractivity contribution in [3.8, 4) is 17.2 Å². The van der Waals surface area contributed by atoms with Crippen LogP contribution in [0, 0.1) is 0 Å². The predicted molar refractivity (Wildman–Crippen MR) is 119 cm³/mol. The molecule has 2 rings (SSSR count). The number of methoxy groups -OCH3 is 1. The Morgan fingerprint density at radius 3 is 2.71 bits per heavy atom. The number of ether oxygens (including phenoxy) is 3. The first-order valence-corrected chi connectivity index (χ1v) is 10.1. The summed E-state index contributed by atoms with van der Waals surface area (Å²) in [6.45, 7) is 5.22. The molecule has 0 fully saturated rings. The van der Waals surface area contributed by atoms with Crippen LogP contribution in [-0.2, 0) is 16.1 Å². The van der Waals surface area contributed by atoms with E-state index in [9.17, 15) is 9.59 Å². The van der Waals surface area contributed by atoms with Crippen LogP contribution in [0.25, 0.3) is 6.08 Å². The maximum atomic E-state index is 12.6. The third-order valence-electron chi connectivity index (χ3n) is 4.30. The number of para-hydroxylation sites is 1. The van der Waals surface area contributed by atoms with E-state index >= 15 is 0 Å². The fourth-order valence-electron chi connectivity index (χ4n) is 2.82. The number of nitrogens with zero attached hydrogens (tertiary/aromatic N) is 2. The van der Waals surface area contributed by atoms with Gasteiger partial charge in [-0.1, -0.05) is 19.1 Å². The Morgan fingerprint density at radius 2 is 2.03 bits per heavy atom. The van der Waals surface area contributed by atoms with Gasteiger partial charge in [-0.15, -0.1) is 0 Å². The van der Waals surface area contributed by atoms with Gasteiger partial charge in [-0.05, 0) is 37.1 Å². The Kier molecular flexibility index (Phi) is 9.35. The van der Waals surface area contributed by atoms with E-state index in [4.69, 9.17) is 14.2 Å². The van der Waals surface area contributed by atoms with Gasteiger partial charge in [0.05, 0.1) is 20.3 Å². The average molecular weight is 428 g/mol. The van der Waals surface area contributed by atoms with Crippen molar-refractivity contribution >= 4 is 24.2 Å². The van der Waals surface area contributed by atoms with E-state index in [1.165, 1.54) is 6.08 Å². The highest BCUT2D eigenvalue weighted by Crippen LogP contribution is 2.32. The van der Waals surface area contributed by atoms with Crippen LogP contribution in [-0.4, -0.2) is 49.6 Å². The first-order valence-electron chi connectivity index (χ1n) is 10.1. The Hall–Kier alpha value is -3.55. The number of aromatic nitrogens is 1. The molecule has 0 aliphatic heterocycles. The zero-order chi connectivity index (χ0) is 22.6. The standard InChI is InChI=1S/C23H29N3O5/c1-5-12-31-22-18(8-7-9-19(22)29-4)15-26(3)21(28)11-10-17-13-20(30-6-2)23(24-14-17)25-16-27/h7-11,13-14,16H,5-6,12,15H2,1-4H3,(H,24,25,27)/b11-10+. The predicted octanol–water partition coefficient (Wildman–Crippen LogP) is 3.52. The van der Waals surface area contributed by atoms with Crippen molar-refractivity contribution in [3.63, 3.8) is 0 Å². The van der Waals surface area contributed by atoms with E-state index in [1.807, 2.05) is 32.0 Å². The van der Waals surface area contributed by atoms with E-state index in [0.717, 1.165) is 12.0 Å². The maximum absolute atomic E-state index is 12.6. The SMILES string of the molecule is CCCOc1c(CN(C)C(=O)/C=C/c2cnc(NC=O)c(OCC)c2)cccc1OC. The van der Waals surface area contributed by atoms with Gasteiger partial charge in [-0.2, -0.15) is 0 Å². The summed E-state index contributed by atoms with van der Waals surface area (Å²) >= 11 is 0. The normalized spacial score (nSPS) is 10.6. The molecule has 1 aromatic carbocycles. The molecule has 2 aromatic rings. The summed E-state index contributed by atoms with van der Waals surface area (Å²) in [5.74, 6) is 1.87. The minimum atomic E-state index is -0.183. The molecule has 1 aromatic heterocycles. The molecule has 0 atom stereocenters. The molecular formula is C23H29N3O5. The number of nitrogens with one attached hydrogen (secondary N) is 1. The molecule has 1 N–H and O–H groups in total. The van der Waals surface area contributed by atoms with Crippen molar-refractivity contribution < 1.29 is 23.8 Å². The van der Waals surface area contributed by atoms with Gasteiger partial charge in [-0.3, -0.25) is 9.59 Å². The molecule has 0 bridgehead atoms. The fourth-order valence-corrected chi connectivity index (χ4v) is 2.82. The summed E-state index contributed by atoms with van der Waals surface area (Å²) in [5.41, 5.74) is 1.54. The van der Waals surface area contributed by atoms with E-state index in [-0.39, 0.29) is 5.91 Å². The van der Waals surface area contributed by atoms with Crippen molar-refractivity contribution in [1.82, 2.24) is 9.88 Å². The summed E-state index contributed by atoms with van der Waals surface area (Å²) in [5, 5.41) is 2.49. The number of anilines is 1. The highest BCUT2D eigenvalue weighted by Gasteiger charge is 2.14. The Labute approximate surface area is 182 Å². The molecule has 0 unspecified atom stereocenters. The second kappa shape index (κ2) is 12.2. The third kappa shape index (κ3) is 6.74. The molecule has 0 spiro atoms. The molecule has 8 heteroatoms. The summed E-state index contributed by atoms with van der Waals surface area (Å²) in [6.07, 6.45) is 6.08. The summed E-state index contributed by atoms with van der Waals surface area (Å²) in [7, 11) is 3.31. The van der Waals surface area contributed by atoms with Gasteiger partial charge in [-0.25, -0.2) is 4.98 Å². The highest BCUT2D eigenvalue weighted by molar-refractivity contribution is 5.91. The van der Waals surface area contributed by atoms with Crippen LogP contribution in [0.2, 0.25) is 0 Å². The smallest absolute Gasteiger partial charge is 0.246 e. The molecular weight excluding hydrogens is 398 g/mol. The largest absolute Gasteiger partial charge is 0.493 e. The molecule has 0 aliphatic rings. The van der Waals surface area contributed by atoms with Gasteiger partial charge >= 0.3 is 0 Å². The second-order valence-corrected chi connectivity index (χ2v) is 6.64. The number of carbonyl (C=O) groups excluding carboxylic acids is 2. The van der Waals surface area contributed by atoms with Gasteiger partial charge in [0.25, 0.3) is 0 Å². The lowest BCUT2D eigenvalue weighted by molar-refractivity contribution is -0.125. The molecule has 1 heterocycles. The maximum Gasteiger partial charge on any atom is 0.246 e. The Morgan fingerprint density at radius 1 is 1.23 bits per heavy atom.